The molecule has 0 radical (unpaired) electrons. The van der Waals surface area contributed by atoms with Crippen molar-refractivity contribution in [3.05, 3.63) is 29.8 Å². The van der Waals surface area contributed by atoms with Crippen molar-refractivity contribution in [2.24, 2.45) is 5.73 Å². The number of nitrogens with one attached hydrogen (secondary N) is 1. The molecule has 0 fully saturated rings. The highest BCUT2D eigenvalue weighted by Gasteiger charge is 2.15. The van der Waals surface area contributed by atoms with E-state index in [1.165, 1.54) is 24.3 Å². The van der Waals surface area contributed by atoms with Crippen LogP contribution in [0, 0.1) is 0 Å². The molecule has 1 rings (SSSR count). The number of para-hydroxylation sites is 1. The molecule has 0 aliphatic carbocycles. The molecule has 7 nitrogen and oxygen atoms in total. The molecule has 0 saturated carbocycles. The second kappa shape index (κ2) is 4.26. The van der Waals surface area contributed by atoms with Gasteiger partial charge in [0, 0.05) is 0 Å². The first-order valence-corrected chi connectivity index (χ1v) is 5.11. The fraction of sp³-hybridized carbons (Fsp3) is 0. The second-order valence-corrected chi connectivity index (χ2v) is 3.75. The molecule has 0 aliphatic heterocycles. The number of benzene rings is 1. The Kier molecular flexibility index (Phi) is 3.24. The summed E-state index contributed by atoms with van der Waals surface area (Å²) in [6.45, 7) is 0. The average molecular weight is 232 g/mol. The molecule has 0 aliphatic rings. The highest BCUT2D eigenvalue weighted by atomic mass is 32.2. The van der Waals surface area contributed by atoms with Gasteiger partial charge in [0.05, 0.1) is 5.56 Å². The maximum Gasteiger partial charge on any atom is 0.404 e. The van der Waals surface area contributed by atoms with E-state index in [4.69, 9.17) is 10.9 Å². The van der Waals surface area contributed by atoms with Crippen LogP contribution in [-0.4, -0.2) is 19.5 Å². The summed E-state index contributed by atoms with van der Waals surface area (Å²) in [6.07, 6.45) is 0. The first kappa shape index (κ1) is 11.4. The number of nitrogens with two attached hydrogens (primary N) is 1. The van der Waals surface area contributed by atoms with Crippen LogP contribution in [0.5, 0.6) is 5.75 Å². The highest BCUT2D eigenvalue weighted by molar-refractivity contribution is 7.84. The average Bonchev–Trinajstić information content (AvgIpc) is 2.18. The topological polar surface area (TPSA) is 119 Å². The standard InChI is InChI=1S/C7H8N2O5S/c8-7(10)5-3-1-2-4-6(5)14-15(12,13)9-11/h1-4,9,11H,(H2,8,10). The van der Waals surface area contributed by atoms with E-state index in [1.807, 2.05) is 0 Å². The van der Waals surface area contributed by atoms with Crippen LogP contribution < -0.4 is 14.8 Å². The molecule has 4 N–H and O–H groups in total. The van der Waals surface area contributed by atoms with E-state index in [0.29, 0.717) is 0 Å². The van der Waals surface area contributed by atoms with Gasteiger partial charge in [-0.3, -0.25) is 10.0 Å². The lowest BCUT2D eigenvalue weighted by atomic mass is 10.2. The summed E-state index contributed by atoms with van der Waals surface area (Å²) in [6, 6.07) is 5.47. The third kappa shape index (κ3) is 2.91. The molecule has 0 saturated heterocycles. The van der Waals surface area contributed by atoms with Crippen LogP contribution in [0.4, 0.5) is 0 Å². The van der Waals surface area contributed by atoms with Crippen molar-refractivity contribution in [2.75, 3.05) is 0 Å². The molecule has 15 heavy (non-hydrogen) atoms. The molecule has 8 heteroatoms. The van der Waals surface area contributed by atoms with Gasteiger partial charge in [0.2, 0.25) is 0 Å². The fourth-order valence-corrected chi connectivity index (χ4v) is 1.30. The number of hydrogen-bond donors (Lipinski definition) is 3. The molecule has 1 aromatic rings. The van der Waals surface area contributed by atoms with Crippen molar-refractivity contribution >= 4 is 16.2 Å². The van der Waals surface area contributed by atoms with Crippen LogP contribution in [0.3, 0.4) is 0 Å². The van der Waals surface area contributed by atoms with Gasteiger partial charge in [-0.1, -0.05) is 17.0 Å². The third-order valence-electron chi connectivity index (χ3n) is 1.46. The van der Waals surface area contributed by atoms with E-state index in [9.17, 15) is 13.2 Å². The molecule has 0 heterocycles. The first-order chi connectivity index (χ1) is 6.96. The Balaban J connectivity index is 3.10. The van der Waals surface area contributed by atoms with Crippen molar-refractivity contribution in [1.29, 1.82) is 0 Å². The van der Waals surface area contributed by atoms with E-state index < -0.39 is 16.2 Å². The molecular weight excluding hydrogens is 224 g/mol. The SMILES string of the molecule is NC(=O)c1ccccc1OS(=O)(=O)NO. The maximum absolute atomic E-state index is 10.9. The van der Waals surface area contributed by atoms with Crippen LogP contribution in [0.2, 0.25) is 0 Å². The van der Waals surface area contributed by atoms with Gasteiger partial charge in [0.1, 0.15) is 0 Å². The lowest BCUT2D eigenvalue weighted by Crippen LogP contribution is -2.26. The molecular formula is C7H8N2O5S. The number of primary amides is 1. The zero-order valence-corrected chi connectivity index (χ0v) is 8.19. The van der Waals surface area contributed by atoms with Crippen LogP contribution in [-0.2, 0) is 10.3 Å². The number of carbonyl (C=O) groups excluding carboxylic acids is 1. The Morgan fingerprint density at radius 2 is 2.00 bits per heavy atom. The summed E-state index contributed by atoms with van der Waals surface area (Å²) >= 11 is 0. The van der Waals surface area contributed by atoms with Crippen molar-refractivity contribution < 1.29 is 22.6 Å². The van der Waals surface area contributed by atoms with Gasteiger partial charge in [-0.05, 0) is 12.1 Å². The summed E-state index contributed by atoms with van der Waals surface area (Å²) in [7, 11) is -4.33. The summed E-state index contributed by atoms with van der Waals surface area (Å²) < 4.78 is 26.0. The predicted molar refractivity (Wildman–Crippen MR) is 49.4 cm³/mol. The van der Waals surface area contributed by atoms with E-state index >= 15 is 0 Å². The molecule has 0 bridgehead atoms. The largest absolute Gasteiger partial charge is 0.404 e. The van der Waals surface area contributed by atoms with Gasteiger partial charge in [-0.25, -0.2) is 0 Å². The highest BCUT2D eigenvalue weighted by Crippen LogP contribution is 2.18. The number of amides is 1. The normalized spacial score (nSPS) is 11.0. The van der Waals surface area contributed by atoms with Gasteiger partial charge in [-0.15, -0.1) is 0 Å². The maximum atomic E-state index is 10.9. The molecule has 0 unspecified atom stereocenters. The Hall–Kier alpha value is -1.64. The number of hydrogen-bond acceptors (Lipinski definition) is 5. The van der Waals surface area contributed by atoms with E-state index in [2.05, 4.69) is 4.18 Å². The predicted octanol–water partition coefficient (Wildman–Crippen LogP) is -0.612. The Morgan fingerprint density at radius 1 is 1.40 bits per heavy atom. The summed E-state index contributed by atoms with van der Waals surface area (Å²) in [4.78, 5) is 11.8. The lowest BCUT2D eigenvalue weighted by molar-refractivity contribution is 0.0998. The minimum Gasteiger partial charge on any atom is -0.369 e. The summed E-state index contributed by atoms with van der Waals surface area (Å²) in [5, 5.41) is 8.21. The van der Waals surface area contributed by atoms with E-state index in [1.54, 1.807) is 0 Å². The molecule has 1 aromatic carbocycles. The Bertz CT molecular complexity index is 470. The Morgan fingerprint density at radius 3 is 2.53 bits per heavy atom. The summed E-state index contributed by atoms with van der Waals surface area (Å²) in [5.74, 6) is -1.09. The van der Waals surface area contributed by atoms with Crippen molar-refractivity contribution in [1.82, 2.24) is 4.89 Å². The summed E-state index contributed by atoms with van der Waals surface area (Å²) in [5.41, 5.74) is 4.88. The van der Waals surface area contributed by atoms with Gasteiger partial charge in [0.25, 0.3) is 5.91 Å². The zero-order valence-electron chi connectivity index (χ0n) is 7.38. The van der Waals surface area contributed by atoms with E-state index in [-0.39, 0.29) is 11.3 Å². The third-order valence-corrected chi connectivity index (χ3v) is 2.09. The lowest BCUT2D eigenvalue weighted by Gasteiger charge is -2.07. The molecule has 1 amide bonds. The molecule has 0 atom stereocenters. The quantitative estimate of drug-likeness (QED) is 0.598. The van der Waals surface area contributed by atoms with Crippen molar-refractivity contribution in [2.45, 2.75) is 0 Å². The second-order valence-electron chi connectivity index (χ2n) is 2.49. The first-order valence-electron chi connectivity index (χ1n) is 3.70. The van der Waals surface area contributed by atoms with Crippen LogP contribution in [0.15, 0.2) is 24.3 Å². The van der Waals surface area contributed by atoms with Gasteiger partial charge in [-0.2, -0.15) is 8.42 Å². The van der Waals surface area contributed by atoms with Crippen LogP contribution >= 0.6 is 0 Å². The van der Waals surface area contributed by atoms with Crippen molar-refractivity contribution in [3.8, 4) is 5.75 Å². The van der Waals surface area contributed by atoms with Crippen molar-refractivity contribution in [3.63, 3.8) is 0 Å². The smallest absolute Gasteiger partial charge is 0.369 e. The molecule has 0 aromatic heterocycles. The van der Waals surface area contributed by atoms with E-state index in [0.717, 1.165) is 4.89 Å². The van der Waals surface area contributed by atoms with Gasteiger partial charge in [0.15, 0.2) is 5.75 Å². The number of rotatable bonds is 4. The zero-order chi connectivity index (χ0) is 11.5. The van der Waals surface area contributed by atoms with Crippen LogP contribution in [0.1, 0.15) is 10.4 Å². The molecule has 0 spiro atoms. The Labute approximate surface area is 85.7 Å². The monoisotopic (exact) mass is 232 g/mol. The van der Waals surface area contributed by atoms with Gasteiger partial charge >= 0.3 is 10.3 Å². The van der Waals surface area contributed by atoms with Gasteiger partial charge < -0.3 is 9.92 Å². The number of carbonyl (C=O) groups is 1. The minimum absolute atomic E-state index is 0.101. The minimum atomic E-state index is -4.33. The fourth-order valence-electron chi connectivity index (χ4n) is 0.880. The van der Waals surface area contributed by atoms with Crippen LogP contribution in [0.25, 0.3) is 0 Å². The molecule has 82 valence electrons.